The monoisotopic (exact) mass is 436 g/mol. The quantitative estimate of drug-likeness (QED) is 0.730. The van der Waals surface area contributed by atoms with Gasteiger partial charge in [0.25, 0.3) is 11.8 Å². The van der Waals surface area contributed by atoms with Crippen molar-refractivity contribution in [3.8, 4) is 0 Å². The number of carbonyl (C=O) groups excluding carboxylic acids is 3. The third-order valence-electron chi connectivity index (χ3n) is 5.77. The first-order valence-electron chi connectivity index (χ1n) is 10.6. The summed E-state index contributed by atoms with van der Waals surface area (Å²) in [5.41, 5.74) is 2.13. The number of imide groups is 1. The van der Waals surface area contributed by atoms with E-state index < -0.39 is 17.6 Å². The molecular weight excluding hydrogens is 411 g/mol. The molecule has 2 heterocycles. The van der Waals surface area contributed by atoms with Gasteiger partial charge in [-0.3, -0.25) is 14.4 Å². The van der Waals surface area contributed by atoms with E-state index in [1.165, 1.54) is 31.2 Å². The number of nitrogens with one attached hydrogen (secondary N) is 1. The van der Waals surface area contributed by atoms with Crippen LogP contribution in [0.1, 0.15) is 19.4 Å². The molecule has 1 N–H and O–H groups in total. The molecule has 0 aliphatic carbocycles. The zero-order valence-electron chi connectivity index (χ0n) is 18.1. The van der Waals surface area contributed by atoms with Crippen LogP contribution in [0.2, 0.25) is 0 Å². The molecule has 0 radical (unpaired) electrons. The number of benzene rings is 2. The second-order valence-electron chi connectivity index (χ2n) is 7.83. The van der Waals surface area contributed by atoms with Crippen LogP contribution in [0.5, 0.6) is 0 Å². The molecule has 0 unspecified atom stereocenters. The lowest BCUT2D eigenvalue weighted by molar-refractivity contribution is -0.121. The number of anilines is 2. The summed E-state index contributed by atoms with van der Waals surface area (Å²) in [6.45, 7) is 7.27. The molecule has 0 atom stereocenters. The zero-order chi connectivity index (χ0) is 22.8. The Kier molecular flexibility index (Phi) is 6.05. The highest BCUT2D eigenvalue weighted by Gasteiger charge is 2.43. The van der Waals surface area contributed by atoms with Crippen molar-refractivity contribution in [2.24, 2.45) is 0 Å². The lowest BCUT2D eigenvalue weighted by Gasteiger charge is -2.36. The normalized spacial score (nSPS) is 17.3. The van der Waals surface area contributed by atoms with Gasteiger partial charge >= 0.3 is 0 Å². The summed E-state index contributed by atoms with van der Waals surface area (Å²) in [5, 5.41) is 2.67. The highest BCUT2D eigenvalue weighted by atomic mass is 19.1. The van der Waals surface area contributed by atoms with Gasteiger partial charge in [0.2, 0.25) is 5.91 Å². The number of hydrogen-bond acceptors (Lipinski definition) is 5. The molecule has 2 aromatic carbocycles. The van der Waals surface area contributed by atoms with E-state index in [-0.39, 0.29) is 11.5 Å². The number of piperazine rings is 1. The van der Waals surface area contributed by atoms with E-state index in [0.717, 1.165) is 24.5 Å². The molecule has 32 heavy (non-hydrogen) atoms. The first kappa shape index (κ1) is 21.7. The average Bonchev–Trinajstić information content (AvgIpc) is 3.05. The summed E-state index contributed by atoms with van der Waals surface area (Å²) < 4.78 is 13.5. The largest absolute Gasteiger partial charge is 0.364 e. The van der Waals surface area contributed by atoms with Gasteiger partial charge in [-0.05, 0) is 48.5 Å². The van der Waals surface area contributed by atoms with E-state index >= 15 is 0 Å². The van der Waals surface area contributed by atoms with Crippen LogP contribution >= 0.6 is 0 Å². The standard InChI is InChI=1S/C24H25FN4O3/c1-3-27-12-14-28(15-13-27)22-21(17-4-6-18(25)7-5-17)23(31)29(24(22)32)20-10-8-19(9-11-20)26-16(2)30/h4-11H,3,12-15H2,1-2H3,(H,26,30). The number of likely N-dealkylation sites (N-methyl/N-ethyl adjacent to an activating group) is 1. The molecule has 0 saturated carbocycles. The Hall–Kier alpha value is -3.52. The Morgan fingerprint density at radius 2 is 1.56 bits per heavy atom. The van der Waals surface area contributed by atoms with Crippen molar-refractivity contribution in [1.29, 1.82) is 0 Å². The Labute approximate surface area is 186 Å². The topological polar surface area (TPSA) is 73.0 Å². The zero-order valence-corrected chi connectivity index (χ0v) is 18.1. The predicted octanol–water partition coefficient (Wildman–Crippen LogP) is 2.71. The smallest absolute Gasteiger partial charge is 0.282 e. The van der Waals surface area contributed by atoms with Crippen LogP contribution in [-0.4, -0.2) is 60.2 Å². The second kappa shape index (κ2) is 8.92. The number of amides is 3. The number of hydrogen-bond donors (Lipinski definition) is 1. The Morgan fingerprint density at radius 3 is 2.12 bits per heavy atom. The number of rotatable bonds is 5. The predicted molar refractivity (Wildman–Crippen MR) is 120 cm³/mol. The minimum absolute atomic E-state index is 0.208. The minimum Gasteiger partial charge on any atom is -0.364 e. The molecule has 7 nitrogen and oxygen atoms in total. The van der Waals surface area contributed by atoms with Crippen LogP contribution in [0.4, 0.5) is 15.8 Å². The van der Waals surface area contributed by atoms with Gasteiger partial charge in [-0.1, -0.05) is 19.1 Å². The summed E-state index contributed by atoms with van der Waals surface area (Å²) >= 11 is 0. The fourth-order valence-electron chi connectivity index (χ4n) is 4.11. The molecule has 0 bridgehead atoms. The average molecular weight is 436 g/mol. The third kappa shape index (κ3) is 4.13. The molecule has 0 aromatic heterocycles. The van der Waals surface area contributed by atoms with Gasteiger partial charge in [-0.2, -0.15) is 0 Å². The fourth-order valence-corrected chi connectivity index (χ4v) is 4.11. The van der Waals surface area contributed by atoms with Gasteiger partial charge in [0.15, 0.2) is 0 Å². The third-order valence-corrected chi connectivity index (χ3v) is 5.77. The van der Waals surface area contributed by atoms with Crippen LogP contribution < -0.4 is 10.2 Å². The first-order chi connectivity index (χ1) is 15.4. The summed E-state index contributed by atoms with van der Waals surface area (Å²) in [4.78, 5) is 43.7. The van der Waals surface area contributed by atoms with E-state index in [9.17, 15) is 18.8 Å². The molecule has 166 valence electrons. The molecule has 1 fully saturated rings. The van der Waals surface area contributed by atoms with Gasteiger partial charge in [-0.15, -0.1) is 0 Å². The molecule has 2 aromatic rings. The number of nitrogens with zero attached hydrogens (tertiary/aromatic N) is 3. The van der Waals surface area contributed by atoms with Crippen LogP contribution in [-0.2, 0) is 14.4 Å². The lowest BCUT2D eigenvalue weighted by Crippen LogP contribution is -2.47. The maximum Gasteiger partial charge on any atom is 0.282 e. The lowest BCUT2D eigenvalue weighted by atomic mass is 10.0. The molecular formula is C24H25FN4O3. The Balaban J connectivity index is 1.71. The van der Waals surface area contributed by atoms with E-state index in [4.69, 9.17) is 0 Å². The van der Waals surface area contributed by atoms with Crippen molar-refractivity contribution in [1.82, 2.24) is 9.80 Å². The van der Waals surface area contributed by atoms with Gasteiger partial charge in [0, 0.05) is 38.8 Å². The summed E-state index contributed by atoms with van der Waals surface area (Å²) in [6.07, 6.45) is 0. The van der Waals surface area contributed by atoms with Crippen LogP contribution in [0.25, 0.3) is 5.57 Å². The van der Waals surface area contributed by atoms with Gasteiger partial charge in [-0.25, -0.2) is 9.29 Å². The van der Waals surface area contributed by atoms with Gasteiger partial charge in [0.05, 0.1) is 11.3 Å². The number of carbonyl (C=O) groups is 3. The number of halogens is 1. The maximum absolute atomic E-state index is 13.5. The Bertz CT molecular complexity index is 1070. The summed E-state index contributed by atoms with van der Waals surface area (Å²) in [5.74, 6) is -1.46. The van der Waals surface area contributed by atoms with E-state index in [0.29, 0.717) is 35.7 Å². The fraction of sp³-hybridized carbons (Fsp3) is 0.292. The van der Waals surface area contributed by atoms with Crippen LogP contribution in [0.3, 0.4) is 0 Å². The molecule has 3 amide bonds. The molecule has 8 heteroatoms. The van der Waals surface area contributed by atoms with Crippen molar-refractivity contribution in [3.63, 3.8) is 0 Å². The van der Waals surface area contributed by atoms with Crippen molar-refractivity contribution in [2.75, 3.05) is 42.9 Å². The second-order valence-corrected chi connectivity index (χ2v) is 7.83. The summed E-state index contributed by atoms with van der Waals surface area (Å²) in [6, 6.07) is 12.2. The van der Waals surface area contributed by atoms with Crippen molar-refractivity contribution < 1.29 is 18.8 Å². The molecule has 2 aliphatic rings. The van der Waals surface area contributed by atoms with Crippen molar-refractivity contribution >= 4 is 34.7 Å². The minimum atomic E-state index is -0.443. The van der Waals surface area contributed by atoms with E-state index in [1.807, 2.05) is 4.90 Å². The highest BCUT2D eigenvalue weighted by molar-refractivity contribution is 6.45. The molecule has 1 saturated heterocycles. The SMILES string of the molecule is CCN1CCN(C2=C(c3ccc(F)cc3)C(=O)N(c3ccc(NC(C)=O)cc3)C2=O)CC1. The maximum atomic E-state index is 13.5. The molecule has 2 aliphatic heterocycles. The van der Waals surface area contributed by atoms with Crippen LogP contribution in [0.15, 0.2) is 54.2 Å². The highest BCUT2D eigenvalue weighted by Crippen LogP contribution is 2.35. The van der Waals surface area contributed by atoms with Gasteiger partial charge in [0.1, 0.15) is 11.5 Å². The molecule has 0 spiro atoms. The van der Waals surface area contributed by atoms with Gasteiger partial charge < -0.3 is 15.1 Å². The Morgan fingerprint density at radius 1 is 0.938 bits per heavy atom. The van der Waals surface area contributed by atoms with Crippen molar-refractivity contribution in [2.45, 2.75) is 13.8 Å². The summed E-state index contributed by atoms with van der Waals surface area (Å²) in [7, 11) is 0. The van der Waals surface area contributed by atoms with Crippen LogP contribution in [0, 0.1) is 5.82 Å². The van der Waals surface area contributed by atoms with Crippen molar-refractivity contribution in [3.05, 3.63) is 65.6 Å². The van der Waals surface area contributed by atoms with E-state index in [1.54, 1.807) is 24.3 Å². The first-order valence-corrected chi connectivity index (χ1v) is 10.6. The molecule has 4 rings (SSSR count). The van der Waals surface area contributed by atoms with E-state index in [2.05, 4.69) is 17.1 Å².